The number of aliphatic hydroxyl groups excluding tert-OH is 1. The molecule has 1 unspecified atom stereocenters. The van der Waals surface area contributed by atoms with E-state index in [4.69, 9.17) is 14.2 Å². The highest BCUT2D eigenvalue weighted by molar-refractivity contribution is 5.83. The largest absolute Gasteiger partial charge is 0.496 e. The van der Waals surface area contributed by atoms with E-state index in [1.807, 2.05) is 12.1 Å². The van der Waals surface area contributed by atoms with Gasteiger partial charge in [0.2, 0.25) is 0 Å². The van der Waals surface area contributed by atoms with Crippen molar-refractivity contribution in [2.24, 2.45) is 11.8 Å². The van der Waals surface area contributed by atoms with Crippen LogP contribution in [0.25, 0.3) is 0 Å². The zero-order valence-corrected chi connectivity index (χ0v) is 22.3. The summed E-state index contributed by atoms with van der Waals surface area (Å²) in [4.78, 5) is 15.8. The van der Waals surface area contributed by atoms with E-state index in [0.717, 1.165) is 31.2 Å². The van der Waals surface area contributed by atoms with Crippen LogP contribution in [-0.4, -0.2) is 55.6 Å². The van der Waals surface area contributed by atoms with E-state index in [1.165, 1.54) is 24.3 Å². The van der Waals surface area contributed by atoms with Gasteiger partial charge < -0.3 is 19.3 Å². The Hall–Kier alpha value is -2.62. The third-order valence-corrected chi connectivity index (χ3v) is 7.84. The van der Waals surface area contributed by atoms with Crippen LogP contribution >= 0.6 is 0 Å². The summed E-state index contributed by atoms with van der Waals surface area (Å²) in [6, 6.07) is 10.6. The number of esters is 1. The normalized spacial score (nSPS) is 23.3. The van der Waals surface area contributed by atoms with Crippen LogP contribution in [0.3, 0.4) is 0 Å². The number of fused-ring (bicyclic) bond motifs is 3. The molecule has 6 nitrogen and oxygen atoms in total. The lowest BCUT2D eigenvalue weighted by molar-refractivity contribution is -0.280. The highest BCUT2D eigenvalue weighted by Gasteiger charge is 2.64. The zero-order chi connectivity index (χ0) is 27.7. The van der Waals surface area contributed by atoms with Gasteiger partial charge in [-0.1, -0.05) is 44.2 Å². The third-order valence-electron chi connectivity index (χ3n) is 7.84. The topological polar surface area (TPSA) is 68.2 Å². The number of alkyl halides is 3. The Morgan fingerprint density at radius 1 is 1.16 bits per heavy atom. The molecule has 4 atom stereocenters. The molecule has 2 aliphatic rings. The predicted octanol–water partition coefficient (Wildman–Crippen LogP) is 5.17. The molecular formula is C29H36F3NO5. The van der Waals surface area contributed by atoms with Gasteiger partial charge in [0.1, 0.15) is 11.9 Å². The molecule has 1 saturated heterocycles. The molecule has 0 aliphatic carbocycles. The number of piperidine rings is 1. The highest BCUT2D eigenvalue weighted by Crippen LogP contribution is 2.46. The SMILES string of the molecule is COc1cc2c(cc1CO)[C@H]1C[C@H](OC(=O)C(OC)(c3ccccc3)C(F)(F)F)[C@@H](CC(C)C)CN1CC2. The van der Waals surface area contributed by atoms with E-state index >= 15 is 0 Å². The van der Waals surface area contributed by atoms with Crippen molar-refractivity contribution in [2.45, 2.75) is 63.6 Å². The van der Waals surface area contributed by atoms with Crippen LogP contribution in [-0.2, 0) is 32.9 Å². The van der Waals surface area contributed by atoms with Crippen LogP contribution in [0.4, 0.5) is 13.2 Å². The number of benzene rings is 2. The first-order chi connectivity index (χ1) is 18.0. The standard InChI is InChI=1S/C29H36F3NO5/c1-18(2)12-20-16-33-11-10-19-14-25(36-3)21(17-34)13-23(19)24(33)15-26(20)38-27(35)28(37-4,29(30,31)32)22-8-6-5-7-9-22/h5-9,13-14,18,20,24,26,34H,10-12,15-17H2,1-4H3/t20-,24+,26-,28?/m0/s1. The number of ether oxygens (including phenoxy) is 3. The van der Waals surface area contributed by atoms with Crippen molar-refractivity contribution in [3.8, 4) is 5.75 Å². The lowest BCUT2D eigenvalue weighted by Crippen LogP contribution is -2.55. The highest BCUT2D eigenvalue weighted by atomic mass is 19.4. The smallest absolute Gasteiger partial charge is 0.432 e. The molecule has 1 N–H and O–H groups in total. The molecule has 208 valence electrons. The average molecular weight is 536 g/mol. The fraction of sp³-hybridized carbons (Fsp3) is 0.552. The molecule has 0 saturated carbocycles. The van der Waals surface area contributed by atoms with Gasteiger partial charge in [-0.05, 0) is 42.0 Å². The summed E-state index contributed by atoms with van der Waals surface area (Å²) in [5, 5.41) is 9.88. The second kappa shape index (κ2) is 11.2. The van der Waals surface area contributed by atoms with Gasteiger partial charge >= 0.3 is 12.1 Å². The van der Waals surface area contributed by atoms with Crippen LogP contribution in [0.5, 0.6) is 5.75 Å². The molecule has 1 fully saturated rings. The summed E-state index contributed by atoms with van der Waals surface area (Å²) in [7, 11) is 2.44. The molecule has 0 spiro atoms. The minimum atomic E-state index is -5.03. The Morgan fingerprint density at radius 2 is 1.87 bits per heavy atom. The van der Waals surface area contributed by atoms with Gasteiger partial charge in [-0.2, -0.15) is 13.2 Å². The summed E-state index contributed by atoms with van der Waals surface area (Å²) in [6.45, 7) is 5.28. The number of halogens is 3. The first-order valence-corrected chi connectivity index (χ1v) is 13.0. The van der Waals surface area contributed by atoms with E-state index in [-0.39, 0.29) is 30.0 Å². The molecule has 0 bridgehead atoms. The molecule has 0 aromatic heterocycles. The van der Waals surface area contributed by atoms with Crippen LogP contribution in [0.2, 0.25) is 0 Å². The molecule has 38 heavy (non-hydrogen) atoms. The maximum atomic E-state index is 14.5. The Bertz CT molecular complexity index is 1120. The fourth-order valence-corrected chi connectivity index (χ4v) is 6.05. The number of hydrogen-bond acceptors (Lipinski definition) is 6. The molecule has 2 heterocycles. The number of carbonyl (C=O) groups is 1. The fourth-order valence-electron chi connectivity index (χ4n) is 6.05. The minimum absolute atomic E-state index is 0.133. The Labute approximate surface area is 221 Å². The number of rotatable bonds is 8. The van der Waals surface area contributed by atoms with E-state index in [0.29, 0.717) is 30.7 Å². The third kappa shape index (κ3) is 5.16. The number of methoxy groups -OCH3 is 2. The van der Waals surface area contributed by atoms with Crippen LogP contribution in [0.15, 0.2) is 42.5 Å². The summed E-state index contributed by atoms with van der Waals surface area (Å²) >= 11 is 0. The number of hydrogen-bond donors (Lipinski definition) is 1. The molecular weight excluding hydrogens is 499 g/mol. The number of aliphatic hydroxyl groups is 1. The lowest BCUT2D eigenvalue weighted by atomic mass is 9.78. The summed E-state index contributed by atoms with van der Waals surface area (Å²) in [6.07, 6.45) is -3.92. The second-order valence-electron chi connectivity index (χ2n) is 10.6. The first-order valence-electron chi connectivity index (χ1n) is 13.0. The number of carbonyl (C=O) groups excluding carboxylic acids is 1. The molecule has 2 aliphatic heterocycles. The maximum Gasteiger partial charge on any atom is 0.432 e. The van der Waals surface area contributed by atoms with Gasteiger partial charge in [0.25, 0.3) is 5.60 Å². The Balaban J connectivity index is 1.70. The van der Waals surface area contributed by atoms with E-state index < -0.39 is 23.9 Å². The van der Waals surface area contributed by atoms with Crippen molar-refractivity contribution >= 4 is 5.97 Å². The zero-order valence-electron chi connectivity index (χ0n) is 22.3. The van der Waals surface area contributed by atoms with Crippen molar-refractivity contribution < 1.29 is 37.3 Å². The van der Waals surface area contributed by atoms with Gasteiger partial charge in [-0.3, -0.25) is 4.90 Å². The van der Waals surface area contributed by atoms with E-state index in [1.54, 1.807) is 13.2 Å². The molecule has 2 aromatic rings. The van der Waals surface area contributed by atoms with Gasteiger partial charge in [-0.15, -0.1) is 0 Å². The van der Waals surface area contributed by atoms with Crippen molar-refractivity contribution in [2.75, 3.05) is 27.3 Å². The van der Waals surface area contributed by atoms with Gasteiger partial charge in [-0.25, -0.2) is 4.79 Å². The Kier molecular flexibility index (Phi) is 8.40. The number of nitrogens with zero attached hydrogens (tertiary/aromatic N) is 1. The lowest BCUT2D eigenvalue weighted by Gasteiger charge is -2.48. The first kappa shape index (κ1) is 28.4. The summed E-state index contributed by atoms with van der Waals surface area (Å²) in [5.74, 6) is -0.711. The minimum Gasteiger partial charge on any atom is -0.496 e. The monoisotopic (exact) mass is 535 g/mol. The van der Waals surface area contributed by atoms with Gasteiger partial charge in [0.05, 0.1) is 13.7 Å². The van der Waals surface area contributed by atoms with Crippen molar-refractivity contribution in [3.05, 3.63) is 64.7 Å². The van der Waals surface area contributed by atoms with Gasteiger partial charge in [0.15, 0.2) is 0 Å². The average Bonchev–Trinajstić information content (AvgIpc) is 2.88. The van der Waals surface area contributed by atoms with E-state index in [9.17, 15) is 23.1 Å². The summed E-state index contributed by atoms with van der Waals surface area (Å²) < 4.78 is 59.8. The molecule has 0 radical (unpaired) electrons. The predicted molar refractivity (Wildman–Crippen MR) is 136 cm³/mol. The molecule has 4 rings (SSSR count). The second-order valence-corrected chi connectivity index (χ2v) is 10.6. The molecule has 9 heteroatoms. The van der Waals surface area contributed by atoms with E-state index in [2.05, 4.69) is 18.7 Å². The van der Waals surface area contributed by atoms with Crippen LogP contribution < -0.4 is 4.74 Å². The van der Waals surface area contributed by atoms with Crippen molar-refractivity contribution in [1.82, 2.24) is 4.90 Å². The molecule has 2 aromatic carbocycles. The Morgan fingerprint density at radius 3 is 2.45 bits per heavy atom. The van der Waals surface area contributed by atoms with Crippen molar-refractivity contribution in [1.29, 1.82) is 0 Å². The van der Waals surface area contributed by atoms with Crippen LogP contribution in [0, 0.1) is 11.8 Å². The molecule has 0 amide bonds. The van der Waals surface area contributed by atoms with Crippen molar-refractivity contribution in [3.63, 3.8) is 0 Å². The quantitative estimate of drug-likeness (QED) is 0.471. The summed E-state index contributed by atoms with van der Waals surface area (Å²) in [5.41, 5.74) is -0.845. The van der Waals surface area contributed by atoms with Crippen LogP contribution in [0.1, 0.15) is 55.0 Å². The van der Waals surface area contributed by atoms with Gasteiger partial charge in [0, 0.05) is 49.7 Å². The maximum absolute atomic E-state index is 14.5.